The van der Waals surface area contributed by atoms with Gasteiger partial charge in [-0.05, 0) is 43.4 Å². The lowest BCUT2D eigenvalue weighted by Gasteiger charge is -2.46. The number of aliphatic carboxylic acids is 1. The topological polar surface area (TPSA) is 37.3 Å². The van der Waals surface area contributed by atoms with E-state index in [1.165, 1.54) is 5.57 Å². The summed E-state index contributed by atoms with van der Waals surface area (Å²) < 4.78 is 0. The van der Waals surface area contributed by atoms with Crippen molar-refractivity contribution in [3.8, 4) is 0 Å². The number of carboxylic acid groups (broad SMARTS) is 1. The van der Waals surface area contributed by atoms with E-state index in [-0.39, 0.29) is 5.92 Å². The highest BCUT2D eigenvalue weighted by molar-refractivity contribution is 5.71. The molecule has 3 aliphatic rings. The normalized spacial score (nSPS) is 39.3. The van der Waals surface area contributed by atoms with Crippen molar-refractivity contribution in [2.45, 2.75) is 33.6 Å². The van der Waals surface area contributed by atoms with Crippen LogP contribution < -0.4 is 0 Å². The second kappa shape index (κ2) is 3.66. The standard InChI is InChI=1S/C13H20O2/c1-7(2)10-6-11-8(3)4-9(10)5-12(11)13(14)15/h4,7,9-12H,5-6H2,1-3H3,(H,14,15)/t9?,10?,11-,12?/m1/s1. The molecule has 0 aromatic carbocycles. The molecule has 2 bridgehead atoms. The van der Waals surface area contributed by atoms with Crippen LogP contribution in [-0.2, 0) is 4.79 Å². The molecule has 15 heavy (non-hydrogen) atoms. The fourth-order valence-electron chi connectivity index (χ4n) is 3.46. The summed E-state index contributed by atoms with van der Waals surface area (Å²) in [6.07, 6.45) is 4.28. The van der Waals surface area contributed by atoms with E-state index in [1.807, 2.05) is 0 Å². The van der Waals surface area contributed by atoms with Gasteiger partial charge in [0.05, 0.1) is 5.92 Å². The first-order valence-electron chi connectivity index (χ1n) is 5.91. The molecule has 4 atom stereocenters. The van der Waals surface area contributed by atoms with Crippen LogP contribution >= 0.6 is 0 Å². The summed E-state index contributed by atoms with van der Waals surface area (Å²) in [6, 6.07) is 0. The Kier molecular flexibility index (Phi) is 2.61. The summed E-state index contributed by atoms with van der Waals surface area (Å²) in [4.78, 5) is 11.1. The number of rotatable bonds is 2. The van der Waals surface area contributed by atoms with Gasteiger partial charge in [-0.2, -0.15) is 0 Å². The van der Waals surface area contributed by atoms with Crippen LogP contribution in [0, 0.1) is 29.6 Å². The van der Waals surface area contributed by atoms with Gasteiger partial charge in [0.1, 0.15) is 0 Å². The van der Waals surface area contributed by atoms with E-state index in [1.54, 1.807) is 0 Å². The Balaban J connectivity index is 2.23. The van der Waals surface area contributed by atoms with Gasteiger partial charge >= 0.3 is 5.97 Å². The van der Waals surface area contributed by atoms with E-state index in [0.717, 1.165) is 12.8 Å². The van der Waals surface area contributed by atoms with E-state index in [0.29, 0.717) is 23.7 Å². The summed E-state index contributed by atoms with van der Waals surface area (Å²) in [5.41, 5.74) is 1.32. The lowest BCUT2D eigenvalue weighted by atomic mass is 9.58. The molecule has 1 saturated carbocycles. The predicted octanol–water partition coefficient (Wildman–Crippen LogP) is 2.95. The van der Waals surface area contributed by atoms with E-state index < -0.39 is 5.97 Å². The maximum Gasteiger partial charge on any atom is 0.307 e. The fraction of sp³-hybridized carbons (Fsp3) is 0.769. The summed E-state index contributed by atoms with van der Waals surface area (Å²) in [6.45, 7) is 6.61. The molecule has 84 valence electrons. The predicted molar refractivity (Wildman–Crippen MR) is 59.4 cm³/mol. The van der Waals surface area contributed by atoms with E-state index in [4.69, 9.17) is 0 Å². The minimum Gasteiger partial charge on any atom is -0.481 e. The van der Waals surface area contributed by atoms with Crippen LogP contribution in [0.1, 0.15) is 33.6 Å². The molecule has 0 aromatic rings. The molecular formula is C13H20O2. The zero-order valence-electron chi connectivity index (χ0n) is 9.73. The molecule has 0 aliphatic heterocycles. The van der Waals surface area contributed by atoms with Gasteiger partial charge in [-0.1, -0.05) is 25.5 Å². The highest BCUT2D eigenvalue weighted by atomic mass is 16.4. The molecular weight excluding hydrogens is 188 g/mol. The first kappa shape index (κ1) is 10.7. The Morgan fingerprint density at radius 1 is 1.47 bits per heavy atom. The summed E-state index contributed by atoms with van der Waals surface area (Å²) in [7, 11) is 0. The summed E-state index contributed by atoms with van der Waals surface area (Å²) in [5.74, 6) is 1.48. The van der Waals surface area contributed by atoms with Gasteiger partial charge < -0.3 is 5.11 Å². The Bertz CT molecular complexity index is 304. The zero-order valence-corrected chi connectivity index (χ0v) is 9.73. The molecule has 3 aliphatic carbocycles. The molecule has 0 aromatic heterocycles. The van der Waals surface area contributed by atoms with E-state index in [9.17, 15) is 9.90 Å². The smallest absolute Gasteiger partial charge is 0.307 e. The van der Waals surface area contributed by atoms with Crippen LogP contribution in [0.25, 0.3) is 0 Å². The van der Waals surface area contributed by atoms with Crippen LogP contribution in [0.15, 0.2) is 11.6 Å². The molecule has 0 saturated heterocycles. The second-order valence-electron chi connectivity index (χ2n) is 5.51. The van der Waals surface area contributed by atoms with Gasteiger partial charge in [0.15, 0.2) is 0 Å². The molecule has 1 fully saturated rings. The summed E-state index contributed by atoms with van der Waals surface area (Å²) >= 11 is 0. The maximum absolute atomic E-state index is 11.1. The quantitative estimate of drug-likeness (QED) is 0.708. The van der Waals surface area contributed by atoms with Gasteiger partial charge in [-0.25, -0.2) is 0 Å². The average Bonchev–Trinajstić information content (AvgIpc) is 2.16. The van der Waals surface area contributed by atoms with Crippen molar-refractivity contribution in [1.82, 2.24) is 0 Å². The largest absolute Gasteiger partial charge is 0.481 e. The fourth-order valence-corrected chi connectivity index (χ4v) is 3.46. The van der Waals surface area contributed by atoms with Crippen molar-refractivity contribution in [3.63, 3.8) is 0 Å². The molecule has 3 rings (SSSR count). The minimum absolute atomic E-state index is 0.116. The third-order valence-electron chi connectivity index (χ3n) is 4.32. The first-order valence-corrected chi connectivity index (χ1v) is 5.91. The number of hydrogen-bond acceptors (Lipinski definition) is 1. The molecule has 3 unspecified atom stereocenters. The third-order valence-corrected chi connectivity index (χ3v) is 4.32. The van der Waals surface area contributed by atoms with Crippen LogP contribution in [0.3, 0.4) is 0 Å². The Morgan fingerprint density at radius 2 is 2.13 bits per heavy atom. The number of allylic oxidation sites excluding steroid dienone is 2. The Morgan fingerprint density at radius 3 is 2.60 bits per heavy atom. The Labute approximate surface area is 91.4 Å². The van der Waals surface area contributed by atoms with Crippen molar-refractivity contribution in [2.75, 3.05) is 0 Å². The van der Waals surface area contributed by atoms with Crippen molar-refractivity contribution in [2.24, 2.45) is 29.6 Å². The van der Waals surface area contributed by atoms with Crippen LogP contribution in [0.2, 0.25) is 0 Å². The summed E-state index contributed by atoms with van der Waals surface area (Å²) in [5, 5.41) is 9.18. The first-order chi connectivity index (χ1) is 7.00. The van der Waals surface area contributed by atoms with Crippen molar-refractivity contribution in [3.05, 3.63) is 11.6 Å². The average molecular weight is 208 g/mol. The molecule has 2 nitrogen and oxygen atoms in total. The van der Waals surface area contributed by atoms with E-state index >= 15 is 0 Å². The van der Waals surface area contributed by atoms with Crippen molar-refractivity contribution < 1.29 is 9.90 Å². The second-order valence-corrected chi connectivity index (χ2v) is 5.51. The lowest BCUT2D eigenvalue weighted by Crippen LogP contribution is -2.41. The third kappa shape index (κ3) is 1.70. The van der Waals surface area contributed by atoms with Gasteiger partial charge in [0, 0.05) is 0 Å². The van der Waals surface area contributed by atoms with Crippen molar-refractivity contribution >= 4 is 5.97 Å². The van der Waals surface area contributed by atoms with Gasteiger partial charge in [0.25, 0.3) is 0 Å². The highest BCUT2D eigenvalue weighted by Gasteiger charge is 2.44. The number of carbonyl (C=O) groups is 1. The SMILES string of the molecule is CC1=CC2CC(C(=O)O)[C@@H]1CC2C(C)C. The molecule has 2 heteroatoms. The molecule has 0 radical (unpaired) electrons. The molecule has 1 N–H and O–H groups in total. The van der Waals surface area contributed by atoms with E-state index in [2.05, 4.69) is 26.8 Å². The number of carboxylic acids is 1. The van der Waals surface area contributed by atoms with Crippen molar-refractivity contribution in [1.29, 1.82) is 0 Å². The van der Waals surface area contributed by atoms with Gasteiger partial charge in [-0.15, -0.1) is 0 Å². The monoisotopic (exact) mass is 208 g/mol. The van der Waals surface area contributed by atoms with Crippen LogP contribution in [0.4, 0.5) is 0 Å². The highest BCUT2D eigenvalue weighted by Crippen LogP contribution is 2.49. The van der Waals surface area contributed by atoms with Crippen LogP contribution in [-0.4, -0.2) is 11.1 Å². The maximum atomic E-state index is 11.1. The van der Waals surface area contributed by atoms with Crippen LogP contribution in [0.5, 0.6) is 0 Å². The molecule has 0 spiro atoms. The van der Waals surface area contributed by atoms with Gasteiger partial charge in [-0.3, -0.25) is 4.79 Å². The zero-order chi connectivity index (χ0) is 11.2. The molecule has 0 amide bonds. The number of fused-ring (bicyclic) bond motifs is 2. The minimum atomic E-state index is -0.598. The Hall–Kier alpha value is -0.790. The number of hydrogen-bond donors (Lipinski definition) is 1. The lowest BCUT2D eigenvalue weighted by molar-refractivity contribution is -0.146. The van der Waals surface area contributed by atoms with Gasteiger partial charge in [0.2, 0.25) is 0 Å². The molecule has 0 heterocycles.